The number of aryl methyl sites for hydroxylation is 1. The number of hydrogen-bond donors (Lipinski definition) is 1. The van der Waals surface area contributed by atoms with Gasteiger partial charge in [0.2, 0.25) is 10.0 Å². The van der Waals surface area contributed by atoms with Crippen LogP contribution in [-0.2, 0) is 14.8 Å². The van der Waals surface area contributed by atoms with Crippen molar-refractivity contribution in [2.24, 2.45) is 0 Å². The first kappa shape index (κ1) is 13.8. The number of hydrogen-bond acceptors (Lipinski definition) is 4. The van der Waals surface area contributed by atoms with Gasteiger partial charge in [-0.15, -0.1) is 0 Å². The van der Waals surface area contributed by atoms with E-state index in [2.05, 4.69) is 25.6 Å². The van der Waals surface area contributed by atoms with E-state index in [1.54, 1.807) is 12.1 Å². The molecule has 0 saturated carbocycles. The Labute approximate surface area is 115 Å². The number of halogens is 1. The summed E-state index contributed by atoms with van der Waals surface area (Å²) < 4.78 is 32.5. The van der Waals surface area contributed by atoms with Crippen LogP contribution in [0, 0.1) is 6.92 Å². The van der Waals surface area contributed by atoms with Crippen molar-refractivity contribution in [1.29, 1.82) is 0 Å². The number of nitrogens with zero attached hydrogens (tertiary/aromatic N) is 1. The van der Waals surface area contributed by atoms with Crippen molar-refractivity contribution in [1.82, 2.24) is 4.98 Å². The van der Waals surface area contributed by atoms with Crippen LogP contribution in [0.3, 0.4) is 0 Å². The molecule has 0 aromatic carbocycles. The lowest BCUT2D eigenvalue weighted by Gasteiger charge is -2.12. The molecule has 1 aromatic heterocycles. The number of rotatable bonds is 4. The van der Waals surface area contributed by atoms with E-state index in [0.717, 1.165) is 23.0 Å². The Kier molecular flexibility index (Phi) is 4.24. The molecule has 7 heteroatoms. The Hall–Kier alpha value is -0.660. The van der Waals surface area contributed by atoms with Crippen molar-refractivity contribution >= 4 is 31.8 Å². The molecule has 100 valence electrons. The summed E-state index contributed by atoms with van der Waals surface area (Å²) in [6.45, 7) is 2.46. The fourth-order valence-electron chi connectivity index (χ4n) is 1.82. The lowest BCUT2D eigenvalue weighted by atomic mass is 10.3. The quantitative estimate of drug-likeness (QED) is 0.915. The molecule has 1 aliphatic heterocycles. The van der Waals surface area contributed by atoms with Crippen LogP contribution in [0.2, 0.25) is 0 Å². The van der Waals surface area contributed by atoms with Gasteiger partial charge in [0, 0.05) is 11.1 Å². The second-order valence-electron chi connectivity index (χ2n) is 4.28. The molecule has 1 aromatic rings. The van der Waals surface area contributed by atoms with E-state index in [0.29, 0.717) is 12.4 Å². The Balaban J connectivity index is 2.04. The Morgan fingerprint density at radius 1 is 1.56 bits per heavy atom. The van der Waals surface area contributed by atoms with Crippen LogP contribution in [0.1, 0.15) is 18.5 Å². The highest BCUT2D eigenvalue weighted by Gasteiger charge is 2.23. The third-order valence-electron chi connectivity index (χ3n) is 2.71. The number of pyridine rings is 1. The van der Waals surface area contributed by atoms with Crippen molar-refractivity contribution in [3.8, 4) is 0 Å². The maximum absolute atomic E-state index is 11.9. The molecule has 1 atom stereocenters. The molecule has 1 unspecified atom stereocenters. The maximum Gasteiger partial charge on any atom is 0.236 e. The van der Waals surface area contributed by atoms with Gasteiger partial charge in [-0.3, -0.25) is 4.72 Å². The third-order valence-corrected chi connectivity index (χ3v) is 4.88. The summed E-state index contributed by atoms with van der Waals surface area (Å²) in [6, 6.07) is 3.40. The van der Waals surface area contributed by atoms with Crippen LogP contribution in [-0.4, -0.2) is 31.9 Å². The zero-order chi connectivity index (χ0) is 13.2. The van der Waals surface area contributed by atoms with Gasteiger partial charge in [-0.2, -0.15) is 0 Å². The van der Waals surface area contributed by atoms with Gasteiger partial charge in [-0.1, -0.05) is 0 Å². The standard InChI is InChI=1S/C11H15BrN2O3S/c1-8-10(12)4-5-11(13-8)14-18(15,16)7-9-3-2-6-17-9/h4-5,9H,2-3,6-7H2,1H3,(H,13,14). The largest absolute Gasteiger partial charge is 0.377 e. The number of nitrogens with one attached hydrogen (secondary N) is 1. The molecule has 1 fully saturated rings. The minimum atomic E-state index is -3.40. The highest BCUT2D eigenvalue weighted by Crippen LogP contribution is 2.18. The van der Waals surface area contributed by atoms with Crippen LogP contribution in [0.5, 0.6) is 0 Å². The number of anilines is 1. The van der Waals surface area contributed by atoms with Crippen molar-refractivity contribution in [2.75, 3.05) is 17.1 Å². The van der Waals surface area contributed by atoms with Crippen molar-refractivity contribution in [3.05, 3.63) is 22.3 Å². The Bertz CT molecular complexity index is 527. The summed E-state index contributed by atoms with van der Waals surface area (Å²) >= 11 is 3.32. The zero-order valence-electron chi connectivity index (χ0n) is 10.0. The second-order valence-corrected chi connectivity index (χ2v) is 6.90. The predicted octanol–water partition coefficient (Wildman–Crippen LogP) is 2.07. The molecular weight excluding hydrogens is 320 g/mol. The van der Waals surface area contributed by atoms with E-state index >= 15 is 0 Å². The summed E-state index contributed by atoms with van der Waals surface area (Å²) in [7, 11) is -3.40. The SMILES string of the molecule is Cc1nc(NS(=O)(=O)CC2CCCO2)ccc1Br. The molecule has 0 spiro atoms. The molecule has 0 radical (unpaired) electrons. The van der Waals surface area contributed by atoms with Crippen molar-refractivity contribution < 1.29 is 13.2 Å². The third kappa shape index (κ3) is 3.66. The molecule has 1 N–H and O–H groups in total. The fraction of sp³-hybridized carbons (Fsp3) is 0.545. The molecule has 0 bridgehead atoms. The van der Waals surface area contributed by atoms with Crippen LogP contribution in [0.4, 0.5) is 5.82 Å². The highest BCUT2D eigenvalue weighted by molar-refractivity contribution is 9.10. The summed E-state index contributed by atoms with van der Waals surface area (Å²) in [6.07, 6.45) is 1.53. The van der Waals surface area contributed by atoms with Crippen LogP contribution >= 0.6 is 15.9 Å². The maximum atomic E-state index is 11.9. The predicted molar refractivity (Wildman–Crippen MR) is 73.1 cm³/mol. The minimum absolute atomic E-state index is 0.0101. The van der Waals surface area contributed by atoms with Crippen molar-refractivity contribution in [3.63, 3.8) is 0 Å². The number of ether oxygens (including phenoxy) is 1. The summed E-state index contributed by atoms with van der Waals surface area (Å²) in [4.78, 5) is 4.15. The molecule has 2 rings (SSSR count). The number of aromatic nitrogens is 1. The molecule has 0 amide bonds. The molecule has 5 nitrogen and oxygen atoms in total. The summed E-state index contributed by atoms with van der Waals surface area (Å²) in [5, 5.41) is 0. The average Bonchev–Trinajstić information content (AvgIpc) is 2.75. The first-order valence-electron chi connectivity index (χ1n) is 5.71. The molecule has 1 aliphatic rings. The average molecular weight is 335 g/mol. The summed E-state index contributed by atoms with van der Waals surface area (Å²) in [5.41, 5.74) is 0.743. The van der Waals surface area contributed by atoms with Gasteiger partial charge in [-0.05, 0) is 47.8 Å². The molecule has 18 heavy (non-hydrogen) atoms. The van der Waals surface area contributed by atoms with E-state index in [-0.39, 0.29) is 11.9 Å². The van der Waals surface area contributed by atoms with Gasteiger partial charge in [0.15, 0.2) is 0 Å². The van der Waals surface area contributed by atoms with Gasteiger partial charge >= 0.3 is 0 Å². The normalized spacial score (nSPS) is 20.0. The van der Waals surface area contributed by atoms with Gasteiger partial charge in [0.05, 0.1) is 17.6 Å². The Morgan fingerprint density at radius 3 is 2.94 bits per heavy atom. The lowest BCUT2D eigenvalue weighted by molar-refractivity contribution is 0.127. The zero-order valence-corrected chi connectivity index (χ0v) is 12.4. The molecule has 0 aliphatic carbocycles. The van der Waals surface area contributed by atoms with E-state index in [1.807, 2.05) is 6.92 Å². The van der Waals surface area contributed by atoms with E-state index < -0.39 is 10.0 Å². The van der Waals surface area contributed by atoms with E-state index in [9.17, 15) is 8.42 Å². The Morgan fingerprint density at radius 2 is 2.33 bits per heavy atom. The monoisotopic (exact) mass is 334 g/mol. The van der Waals surface area contributed by atoms with Gasteiger partial charge in [0.25, 0.3) is 0 Å². The highest BCUT2D eigenvalue weighted by atomic mass is 79.9. The van der Waals surface area contributed by atoms with E-state index in [1.165, 1.54) is 0 Å². The first-order valence-corrected chi connectivity index (χ1v) is 8.16. The lowest BCUT2D eigenvalue weighted by Crippen LogP contribution is -2.26. The molecule has 2 heterocycles. The molecule has 1 saturated heterocycles. The van der Waals surface area contributed by atoms with Crippen LogP contribution < -0.4 is 4.72 Å². The van der Waals surface area contributed by atoms with Gasteiger partial charge < -0.3 is 4.74 Å². The van der Waals surface area contributed by atoms with E-state index in [4.69, 9.17) is 4.74 Å². The van der Waals surface area contributed by atoms with Crippen LogP contribution in [0.25, 0.3) is 0 Å². The summed E-state index contributed by atoms with van der Waals surface area (Å²) in [5.74, 6) is 0.331. The van der Waals surface area contributed by atoms with Gasteiger partial charge in [0.1, 0.15) is 5.82 Å². The smallest absolute Gasteiger partial charge is 0.236 e. The topological polar surface area (TPSA) is 68.3 Å². The number of sulfonamides is 1. The first-order chi connectivity index (χ1) is 8.46. The van der Waals surface area contributed by atoms with Gasteiger partial charge in [-0.25, -0.2) is 13.4 Å². The minimum Gasteiger partial charge on any atom is -0.377 e. The molecular formula is C11H15BrN2O3S. The second kappa shape index (κ2) is 5.54. The van der Waals surface area contributed by atoms with Crippen molar-refractivity contribution in [2.45, 2.75) is 25.9 Å². The fourth-order valence-corrected chi connectivity index (χ4v) is 3.31. The van der Waals surface area contributed by atoms with Crippen LogP contribution in [0.15, 0.2) is 16.6 Å².